The molecular weight excluding hydrogens is 595 g/mol. The van der Waals surface area contributed by atoms with E-state index in [4.69, 9.17) is 0 Å². The summed E-state index contributed by atoms with van der Waals surface area (Å²) in [5.41, 5.74) is 11.3. The Morgan fingerprint density at radius 1 is 0.286 bits per heavy atom. The van der Waals surface area contributed by atoms with Gasteiger partial charge in [-0.15, -0.1) is 0 Å². The van der Waals surface area contributed by atoms with E-state index in [0.29, 0.717) is 0 Å². The van der Waals surface area contributed by atoms with Crippen molar-refractivity contribution in [2.75, 3.05) is 0 Å². The molecule has 0 saturated heterocycles. The Kier molecular flexibility index (Phi) is 4.15. The van der Waals surface area contributed by atoms with Crippen molar-refractivity contribution in [3.05, 3.63) is 152 Å². The van der Waals surface area contributed by atoms with Crippen LogP contribution in [0.2, 0.25) is 0 Å². The van der Waals surface area contributed by atoms with Crippen LogP contribution in [0.3, 0.4) is 0 Å². The highest BCUT2D eigenvalue weighted by Gasteiger charge is 2.26. The Morgan fingerprint density at radius 3 is 1.53 bits per heavy atom. The monoisotopic (exact) mass is 619 g/mol. The molecule has 5 heterocycles. The molecule has 0 aliphatic heterocycles. The van der Waals surface area contributed by atoms with Gasteiger partial charge in [-0.2, -0.15) is 0 Å². The molecule has 5 aromatic heterocycles. The number of hydrogen-bond acceptors (Lipinski definition) is 0. The van der Waals surface area contributed by atoms with Crippen LogP contribution in [-0.4, -0.2) is 13.4 Å². The van der Waals surface area contributed by atoms with Crippen molar-refractivity contribution >= 4 is 109 Å². The van der Waals surface area contributed by atoms with Gasteiger partial charge in [0.15, 0.2) is 0 Å². The first-order chi connectivity index (χ1) is 24.3. The van der Waals surface area contributed by atoms with E-state index < -0.39 is 0 Å². The predicted molar refractivity (Wildman–Crippen MR) is 208 cm³/mol. The van der Waals surface area contributed by atoms with E-state index in [1.807, 2.05) is 0 Å². The fourth-order valence-electron chi connectivity index (χ4n) is 9.60. The van der Waals surface area contributed by atoms with Crippen LogP contribution in [0.5, 0.6) is 0 Å². The molecule has 0 atom stereocenters. The summed E-state index contributed by atoms with van der Waals surface area (Å²) in [6.45, 7) is 0. The van der Waals surface area contributed by atoms with Crippen LogP contribution >= 0.6 is 0 Å². The topological polar surface area (TPSA) is 13.8 Å². The van der Waals surface area contributed by atoms with Gasteiger partial charge in [-0.3, -0.25) is 0 Å². The third-order valence-corrected chi connectivity index (χ3v) is 11.4. The molecule has 0 amide bonds. The first-order valence-electron chi connectivity index (χ1n) is 17.0. The zero-order valence-corrected chi connectivity index (χ0v) is 26.3. The largest absolute Gasteiger partial charge is 0.309 e. The van der Waals surface area contributed by atoms with Gasteiger partial charge in [0.05, 0.1) is 44.1 Å². The molecule has 8 aromatic carbocycles. The van der Waals surface area contributed by atoms with Crippen LogP contribution in [0.1, 0.15) is 0 Å². The van der Waals surface area contributed by atoms with Gasteiger partial charge in [0.25, 0.3) is 0 Å². The number of aromatic nitrogens is 3. The first-order valence-corrected chi connectivity index (χ1v) is 17.0. The molecular formula is C46H25N3. The molecule has 13 aromatic rings. The van der Waals surface area contributed by atoms with E-state index in [1.165, 1.54) is 114 Å². The normalized spacial score (nSPS) is 12.9. The lowest BCUT2D eigenvalue weighted by Crippen LogP contribution is -1.92. The molecule has 0 aliphatic rings. The molecule has 3 nitrogen and oxygen atoms in total. The smallest absolute Gasteiger partial charge is 0.0628 e. The Balaban J connectivity index is 1.32. The van der Waals surface area contributed by atoms with E-state index >= 15 is 0 Å². The van der Waals surface area contributed by atoms with Gasteiger partial charge in [0, 0.05) is 59.5 Å². The fourth-order valence-corrected chi connectivity index (χ4v) is 9.60. The molecule has 224 valence electrons. The summed E-state index contributed by atoms with van der Waals surface area (Å²) in [7, 11) is 0. The molecule has 0 saturated carbocycles. The molecule has 0 spiro atoms. The Bertz CT molecular complexity index is 3540. The lowest BCUT2D eigenvalue weighted by Gasteiger charge is -2.08. The highest BCUT2D eigenvalue weighted by atomic mass is 15.0. The van der Waals surface area contributed by atoms with Gasteiger partial charge in [-0.05, 0) is 65.4 Å². The van der Waals surface area contributed by atoms with Crippen molar-refractivity contribution in [3.8, 4) is 5.69 Å². The van der Waals surface area contributed by atoms with Gasteiger partial charge in [0.2, 0.25) is 0 Å². The summed E-state index contributed by atoms with van der Waals surface area (Å²) in [4.78, 5) is 0. The lowest BCUT2D eigenvalue weighted by molar-refractivity contribution is 1.18. The van der Waals surface area contributed by atoms with E-state index in [9.17, 15) is 0 Å². The van der Waals surface area contributed by atoms with Crippen LogP contribution in [0.15, 0.2) is 152 Å². The number of nitrogens with zero attached hydrogens (tertiary/aromatic N) is 3. The minimum absolute atomic E-state index is 1.18. The first kappa shape index (κ1) is 24.6. The second kappa shape index (κ2) is 8.28. The van der Waals surface area contributed by atoms with Gasteiger partial charge in [-0.1, -0.05) is 97.1 Å². The average Bonchev–Trinajstić information content (AvgIpc) is 3.93. The average molecular weight is 620 g/mol. The highest BCUT2D eigenvalue weighted by Crippen LogP contribution is 2.49. The van der Waals surface area contributed by atoms with Crippen molar-refractivity contribution in [2.24, 2.45) is 0 Å². The quantitative estimate of drug-likeness (QED) is 0.174. The second-order valence-corrected chi connectivity index (χ2v) is 13.7. The van der Waals surface area contributed by atoms with Crippen LogP contribution in [0.4, 0.5) is 0 Å². The minimum Gasteiger partial charge on any atom is -0.309 e. The van der Waals surface area contributed by atoms with Crippen LogP contribution in [-0.2, 0) is 0 Å². The maximum Gasteiger partial charge on any atom is 0.0628 e. The van der Waals surface area contributed by atoms with Gasteiger partial charge < -0.3 is 13.4 Å². The predicted octanol–water partition coefficient (Wildman–Crippen LogP) is 12.2. The summed E-state index contributed by atoms with van der Waals surface area (Å²) in [6.07, 6.45) is 0. The highest BCUT2D eigenvalue weighted by molar-refractivity contribution is 6.37. The maximum atomic E-state index is 2.55. The molecule has 3 heteroatoms. The van der Waals surface area contributed by atoms with Gasteiger partial charge >= 0.3 is 0 Å². The van der Waals surface area contributed by atoms with Crippen LogP contribution < -0.4 is 0 Å². The summed E-state index contributed by atoms with van der Waals surface area (Å²) >= 11 is 0. The summed E-state index contributed by atoms with van der Waals surface area (Å²) in [5, 5.41) is 15.7. The molecule has 0 bridgehead atoms. The minimum atomic E-state index is 1.18. The van der Waals surface area contributed by atoms with Crippen molar-refractivity contribution in [1.82, 2.24) is 13.4 Å². The van der Waals surface area contributed by atoms with E-state index in [2.05, 4.69) is 165 Å². The molecule has 49 heavy (non-hydrogen) atoms. The van der Waals surface area contributed by atoms with Crippen molar-refractivity contribution in [1.29, 1.82) is 0 Å². The SMILES string of the molecule is c1ccc(-n2c3ccccc3c3c4c5ccccc5n5c6cc7c(cc6c(cc32)c45)c2cc3ccccc3c3c4ccccc4n7c23)cc1. The molecule has 0 unspecified atom stereocenters. The van der Waals surface area contributed by atoms with Crippen molar-refractivity contribution in [3.63, 3.8) is 0 Å². The fraction of sp³-hybridized carbons (Fsp3) is 0. The van der Waals surface area contributed by atoms with Gasteiger partial charge in [-0.25, -0.2) is 0 Å². The molecule has 0 N–H and O–H groups in total. The van der Waals surface area contributed by atoms with Crippen molar-refractivity contribution < 1.29 is 0 Å². The second-order valence-electron chi connectivity index (χ2n) is 13.7. The third-order valence-electron chi connectivity index (χ3n) is 11.4. The molecule has 0 radical (unpaired) electrons. The summed E-state index contributed by atoms with van der Waals surface area (Å²) in [6, 6.07) is 56.4. The molecule has 0 aliphatic carbocycles. The van der Waals surface area contributed by atoms with E-state index in [1.54, 1.807) is 0 Å². The standard InChI is InChI=1S/C46H25N3/c1-2-13-27(14-3-1)47-36-19-9-7-17-30(36)43-41(47)24-35-33-23-32-34-22-26-12-4-5-15-28(26)42-29-16-6-10-20-37(29)48(45(34)42)39(32)25-40(33)49-38-21-11-8-18-31(38)44(43)46(35)49/h1-25H. The van der Waals surface area contributed by atoms with E-state index in [-0.39, 0.29) is 0 Å². The third kappa shape index (κ3) is 2.73. The number of rotatable bonds is 1. The number of hydrogen-bond donors (Lipinski definition) is 0. The number of benzene rings is 8. The number of para-hydroxylation sites is 4. The Hall–Kier alpha value is -6.58. The Labute approximate surface area is 278 Å². The zero-order valence-electron chi connectivity index (χ0n) is 26.3. The number of fused-ring (bicyclic) bond motifs is 18. The molecule has 0 fully saturated rings. The summed E-state index contributed by atoms with van der Waals surface area (Å²) < 4.78 is 7.54. The summed E-state index contributed by atoms with van der Waals surface area (Å²) in [5.74, 6) is 0. The zero-order chi connectivity index (χ0) is 31.5. The van der Waals surface area contributed by atoms with Crippen molar-refractivity contribution in [2.45, 2.75) is 0 Å². The van der Waals surface area contributed by atoms with Crippen LogP contribution in [0.25, 0.3) is 114 Å². The van der Waals surface area contributed by atoms with Crippen LogP contribution in [0, 0.1) is 0 Å². The Morgan fingerprint density at radius 2 is 0.816 bits per heavy atom. The van der Waals surface area contributed by atoms with Gasteiger partial charge in [0.1, 0.15) is 0 Å². The van der Waals surface area contributed by atoms with E-state index in [0.717, 1.165) is 0 Å². The maximum absolute atomic E-state index is 2.55. The molecule has 13 rings (SSSR count). The lowest BCUT2D eigenvalue weighted by atomic mass is 9.99.